The lowest BCUT2D eigenvalue weighted by molar-refractivity contribution is 0.0601. The van der Waals surface area contributed by atoms with Crippen LogP contribution in [0.2, 0.25) is 0 Å². The lowest BCUT2D eigenvalue weighted by Crippen LogP contribution is -2.04. The summed E-state index contributed by atoms with van der Waals surface area (Å²) in [6, 6.07) is 7.01. The zero-order valence-electron chi connectivity index (χ0n) is 10.1. The summed E-state index contributed by atoms with van der Waals surface area (Å²) in [6.07, 6.45) is 0. The maximum absolute atomic E-state index is 11.4. The number of hydrogen-bond acceptors (Lipinski definition) is 6. The third-order valence-corrected chi connectivity index (χ3v) is 2.30. The molecule has 0 aliphatic rings. The van der Waals surface area contributed by atoms with Crippen molar-refractivity contribution in [3.05, 3.63) is 41.6 Å². The van der Waals surface area contributed by atoms with Gasteiger partial charge in [-0.1, -0.05) is 6.07 Å². The molecule has 2 rings (SSSR count). The van der Waals surface area contributed by atoms with Gasteiger partial charge in [0.1, 0.15) is 0 Å². The van der Waals surface area contributed by atoms with E-state index in [1.165, 1.54) is 7.11 Å². The highest BCUT2D eigenvalue weighted by atomic mass is 16.5. The number of aromatic nitrogens is 2. The fraction of sp³-hybridized carbons (Fsp3) is 0.250. The van der Waals surface area contributed by atoms with Crippen molar-refractivity contribution in [2.75, 3.05) is 12.4 Å². The van der Waals surface area contributed by atoms with Gasteiger partial charge < -0.3 is 14.5 Å². The Hall–Kier alpha value is -2.37. The van der Waals surface area contributed by atoms with Gasteiger partial charge in [0.2, 0.25) is 11.8 Å². The molecule has 0 aliphatic heterocycles. The molecule has 1 heterocycles. The van der Waals surface area contributed by atoms with Crippen LogP contribution in [0, 0.1) is 6.92 Å². The van der Waals surface area contributed by atoms with Crippen LogP contribution in [-0.4, -0.2) is 23.3 Å². The molecule has 6 nitrogen and oxygen atoms in total. The summed E-state index contributed by atoms with van der Waals surface area (Å²) in [5.74, 6) is 0.651. The van der Waals surface area contributed by atoms with Crippen molar-refractivity contribution in [3.8, 4) is 0 Å². The highest BCUT2D eigenvalue weighted by molar-refractivity contribution is 5.90. The standard InChI is InChI=1S/C12H13N3O3/c1-8-14-15-11(18-8)7-13-10-5-3-4-9(6-10)12(16)17-2/h3-6,13H,7H2,1-2H3. The molecular weight excluding hydrogens is 234 g/mol. The van der Waals surface area contributed by atoms with Crippen LogP contribution >= 0.6 is 0 Å². The van der Waals surface area contributed by atoms with Gasteiger partial charge in [-0.15, -0.1) is 10.2 Å². The molecule has 2 aromatic rings. The molecule has 1 aromatic heterocycles. The van der Waals surface area contributed by atoms with E-state index in [2.05, 4.69) is 20.3 Å². The van der Waals surface area contributed by atoms with Gasteiger partial charge in [-0.2, -0.15) is 0 Å². The Kier molecular flexibility index (Phi) is 3.57. The van der Waals surface area contributed by atoms with Crippen LogP contribution in [0.15, 0.2) is 28.7 Å². The third kappa shape index (κ3) is 2.85. The Labute approximate surface area is 104 Å². The van der Waals surface area contributed by atoms with Gasteiger partial charge in [0.15, 0.2) is 0 Å². The van der Waals surface area contributed by atoms with Crippen LogP contribution in [0.4, 0.5) is 5.69 Å². The molecular formula is C12H13N3O3. The molecule has 0 bridgehead atoms. The quantitative estimate of drug-likeness (QED) is 0.830. The lowest BCUT2D eigenvalue weighted by Gasteiger charge is -2.05. The summed E-state index contributed by atoms with van der Waals surface area (Å²) >= 11 is 0. The van der Waals surface area contributed by atoms with E-state index < -0.39 is 0 Å². The number of nitrogens with one attached hydrogen (secondary N) is 1. The summed E-state index contributed by atoms with van der Waals surface area (Å²) in [5, 5.41) is 10.7. The average Bonchev–Trinajstić information content (AvgIpc) is 2.81. The Bertz CT molecular complexity index is 551. The highest BCUT2D eigenvalue weighted by Crippen LogP contribution is 2.12. The second kappa shape index (κ2) is 5.31. The fourth-order valence-corrected chi connectivity index (χ4v) is 1.46. The molecule has 0 fully saturated rings. The first-order valence-electron chi connectivity index (χ1n) is 5.40. The SMILES string of the molecule is COC(=O)c1cccc(NCc2nnc(C)o2)c1. The molecule has 0 saturated carbocycles. The van der Waals surface area contributed by atoms with Gasteiger partial charge in [0, 0.05) is 12.6 Å². The summed E-state index contributed by atoms with van der Waals surface area (Å²) < 4.78 is 9.88. The van der Waals surface area contributed by atoms with Crippen molar-refractivity contribution < 1.29 is 13.9 Å². The zero-order valence-corrected chi connectivity index (χ0v) is 10.1. The largest absolute Gasteiger partial charge is 0.465 e. The van der Waals surface area contributed by atoms with Gasteiger partial charge in [-0.3, -0.25) is 0 Å². The molecule has 18 heavy (non-hydrogen) atoms. The van der Waals surface area contributed by atoms with Crippen molar-refractivity contribution in [1.82, 2.24) is 10.2 Å². The molecule has 94 valence electrons. The molecule has 0 unspecified atom stereocenters. The van der Waals surface area contributed by atoms with Crippen LogP contribution in [0.25, 0.3) is 0 Å². The number of ether oxygens (including phenoxy) is 1. The third-order valence-electron chi connectivity index (χ3n) is 2.30. The normalized spacial score (nSPS) is 10.1. The van der Waals surface area contributed by atoms with Crippen molar-refractivity contribution >= 4 is 11.7 Å². The summed E-state index contributed by atoms with van der Waals surface area (Å²) in [6.45, 7) is 2.14. The van der Waals surface area contributed by atoms with E-state index in [0.717, 1.165) is 5.69 Å². The molecule has 0 radical (unpaired) electrons. The molecule has 0 atom stereocenters. The minimum absolute atomic E-state index is 0.368. The van der Waals surface area contributed by atoms with Crippen molar-refractivity contribution in [1.29, 1.82) is 0 Å². The smallest absolute Gasteiger partial charge is 0.337 e. The van der Waals surface area contributed by atoms with Crippen LogP contribution in [0.1, 0.15) is 22.1 Å². The van der Waals surface area contributed by atoms with E-state index >= 15 is 0 Å². The molecule has 0 aliphatic carbocycles. The predicted octanol–water partition coefficient (Wildman–Crippen LogP) is 1.78. The second-order valence-corrected chi connectivity index (χ2v) is 3.64. The van der Waals surface area contributed by atoms with E-state index in [0.29, 0.717) is 23.9 Å². The van der Waals surface area contributed by atoms with E-state index in [-0.39, 0.29) is 5.97 Å². The number of rotatable bonds is 4. The molecule has 0 amide bonds. The van der Waals surface area contributed by atoms with Gasteiger partial charge >= 0.3 is 5.97 Å². The average molecular weight is 247 g/mol. The van der Waals surface area contributed by atoms with E-state index in [1.54, 1.807) is 25.1 Å². The monoisotopic (exact) mass is 247 g/mol. The Morgan fingerprint density at radius 2 is 2.28 bits per heavy atom. The first-order chi connectivity index (χ1) is 8.69. The van der Waals surface area contributed by atoms with Crippen LogP contribution < -0.4 is 5.32 Å². The van der Waals surface area contributed by atoms with E-state index in [1.807, 2.05) is 6.07 Å². The second-order valence-electron chi connectivity index (χ2n) is 3.64. The lowest BCUT2D eigenvalue weighted by atomic mass is 10.2. The number of carbonyl (C=O) groups excluding carboxylic acids is 1. The number of nitrogens with zero attached hydrogens (tertiary/aromatic N) is 2. The fourth-order valence-electron chi connectivity index (χ4n) is 1.46. The predicted molar refractivity (Wildman–Crippen MR) is 64.1 cm³/mol. The Morgan fingerprint density at radius 1 is 1.44 bits per heavy atom. The minimum atomic E-state index is -0.368. The maximum atomic E-state index is 11.4. The number of aryl methyl sites for hydroxylation is 1. The molecule has 0 spiro atoms. The first-order valence-corrected chi connectivity index (χ1v) is 5.40. The molecule has 1 aromatic carbocycles. The van der Waals surface area contributed by atoms with Crippen LogP contribution in [0.5, 0.6) is 0 Å². The molecule has 1 N–H and O–H groups in total. The van der Waals surface area contributed by atoms with Crippen molar-refractivity contribution in [2.45, 2.75) is 13.5 Å². The van der Waals surface area contributed by atoms with Gasteiger partial charge in [0.25, 0.3) is 0 Å². The number of carbonyl (C=O) groups is 1. The maximum Gasteiger partial charge on any atom is 0.337 e. The molecule has 0 saturated heterocycles. The summed E-state index contributed by atoms with van der Waals surface area (Å²) in [5.41, 5.74) is 1.28. The highest BCUT2D eigenvalue weighted by Gasteiger charge is 2.06. The first kappa shape index (κ1) is 12.1. The van der Waals surface area contributed by atoms with E-state index in [9.17, 15) is 4.79 Å². The number of methoxy groups -OCH3 is 1. The van der Waals surface area contributed by atoms with Gasteiger partial charge in [0.05, 0.1) is 19.2 Å². The summed E-state index contributed by atoms with van der Waals surface area (Å²) in [7, 11) is 1.35. The number of esters is 1. The van der Waals surface area contributed by atoms with Gasteiger partial charge in [-0.25, -0.2) is 4.79 Å². The Balaban J connectivity index is 2.03. The van der Waals surface area contributed by atoms with Crippen molar-refractivity contribution in [3.63, 3.8) is 0 Å². The van der Waals surface area contributed by atoms with Gasteiger partial charge in [-0.05, 0) is 18.2 Å². The van der Waals surface area contributed by atoms with Crippen LogP contribution in [0.3, 0.4) is 0 Å². The van der Waals surface area contributed by atoms with Crippen LogP contribution in [-0.2, 0) is 11.3 Å². The zero-order chi connectivity index (χ0) is 13.0. The number of anilines is 1. The van der Waals surface area contributed by atoms with Crippen molar-refractivity contribution in [2.24, 2.45) is 0 Å². The summed E-state index contributed by atoms with van der Waals surface area (Å²) in [4.78, 5) is 11.4. The number of hydrogen-bond donors (Lipinski definition) is 1. The topological polar surface area (TPSA) is 77.2 Å². The number of benzene rings is 1. The van der Waals surface area contributed by atoms with E-state index in [4.69, 9.17) is 4.42 Å². The minimum Gasteiger partial charge on any atom is -0.465 e. The molecule has 6 heteroatoms. The Morgan fingerprint density at radius 3 is 2.94 bits per heavy atom.